The van der Waals surface area contributed by atoms with Crippen molar-refractivity contribution in [1.82, 2.24) is 5.32 Å². The molecule has 1 aromatic carbocycles. The van der Waals surface area contributed by atoms with Crippen LogP contribution in [-0.2, 0) is 4.79 Å². The molecule has 1 aromatic rings. The largest absolute Gasteiger partial charge is 0.349 e. The fraction of sp³-hybridized carbons (Fsp3) is 0.529. The van der Waals surface area contributed by atoms with Gasteiger partial charge in [-0.25, -0.2) is 4.39 Å². The Labute approximate surface area is 143 Å². The molecule has 0 radical (unpaired) electrons. The molecule has 0 aliphatic rings. The number of carbonyl (C=O) groups excluding carboxylic acids is 2. The summed E-state index contributed by atoms with van der Waals surface area (Å²) in [6.07, 6.45) is 0.0532. The first-order valence-electron chi connectivity index (χ1n) is 7.50. The smallest absolute Gasteiger partial charge is 0.221 e. The van der Waals surface area contributed by atoms with E-state index in [9.17, 15) is 14.0 Å². The van der Waals surface area contributed by atoms with Gasteiger partial charge in [0.2, 0.25) is 5.91 Å². The lowest BCUT2D eigenvalue weighted by atomic mass is 9.87. The molecular formula is C17H26ClFN2O2. The van der Waals surface area contributed by atoms with Crippen LogP contribution < -0.4 is 11.1 Å². The van der Waals surface area contributed by atoms with Crippen LogP contribution in [-0.4, -0.2) is 23.8 Å². The maximum Gasteiger partial charge on any atom is 0.221 e. The Kier molecular flexibility index (Phi) is 8.42. The summed E-state index contributed by atoms with van der Waals surface area (Å²) in [6.45, 7) is 7.84. The van der Waals surface area contributed by atoms with Gasteiger partial charge in [0.05, 0.1) is 5.54 Å². The van der Waals surface area contributed by atoms with Gasteiger partial charge in [-0.15, -0.1) is 12.4 Å². The number of hydrogen-bond acceptors (Lipinski definition) is 3. The Morgan fingerprint density at radius 3 is 2.39 bits per heavy atom. The SMILES string of the molecule is CC(CC(=O)NC(C)(CN)C(C)C)C(=O)c1cccc(F)c1.Cl. The quantitative estimate of drug-likeness (QED) is 0.747. The van der Waals surface area contributed by atoms with Crippen LogP contribution in [0.4, 0.5) is 4.39 Å². The molecule has 0 saturated heterocycles. The van der Waals surface area contributed by atoms with Gasteiger partial charge in [-0.05, 0) is 25.0 Å². The van der Waals surface area contributed by atoms with E-state index in [1.807, 2.05) is 20.8 Å². The maximum atomic E-state index is 13.2. The number of Topliss-reactive ketones (excluding diaryl/α,β-unsaturated/α-hetero) is 1. The molecule has 0 bridgehead atoms. The van der Waals surface area contributed by atoms with E-state index in [-0.39, 0.29) is 42.0 Å². The van der Waals surface area contributed by atoms with Crippen molar-refractivity contribution >= 4 is 24.1 Å². The van der Waals surface area contributed by atoms with Gasteiger partial charge in [-0.2, -0.15) is 0 Å². The van der Waals surface area contributed by atoms with Gasteiger partial charge in [-0.1, -0.05) is 32.9 Å². The summed E-state index contributed by atoms with van der Waals surface area (Å²) >= 11 is 0. The molecule has 3 N–H and O–H groups in total. The number of nitrogens with one attached hydrogen (secondary N) is 1. The summed E-state index contributed by atoms with van der Waals surface area (Å²) < 4.78 is 13.2. The first-order valence-corrected chi connectivity index (χ1v) is 7.50. The second kappa shape index (κ2) is 8.99. The van der Waals surface area contributed by atoms with Crippen LogP contribution in [0.15, 0.2) is 24.3 Å². The molecular weight excluding hydrogens is 319 g/mol. The summed E-state index contributed by atoms with van der Waals surface area (Å²) in [5, 5.41) is 2.90. The van der Waals surface area contributed by atoms with Gasteiger partial charge in [0.1, 0.15) is 5.82 Å². The molecule has 1 rings (SSSR count). The van der Waals surface area contributed by atoms with Crippen LogP contribution in [0, 0.1) is 17.7 Å². The zero-order valence-corrected chi connectivity index (χ0v) is 14.9. The van der Waals surface area contributed by atoms with Crippen molar-refractivity contribution in [1.29, 1.82) is 0 Å². The van der Waals surface area contributed by atoms with Crippen LogP contribution >= 0.6 is 12.4 Å². The molecule has 0 fully saturated rings. The van der Waals surface area contributed by atoms with Crippen molar-refractivity contribution in [3.8, 4) is 0 Å². The van der Waals surface area contributed by atoms with E-state index < -0.39 is 17.3 Å². The van der Waals surface area contributed by atoms with Gasteiger partial charge in [0, 0.05) is 24.4 Å². The Morgan fingerprint density at radius 1 is 1.30 bits per heavy atom. The second-order valence-electron chi connectivity index (χ2n) is 6.30. The highest BCUT2D eigenvalue weighted by molar-refractivity contribution is 5.99. The van der Waals surface area contributed by atoms with Crippen LogP contribution in [0.25, 0.3) is 0 Å². The predicted molar refractivity (Wildman–Crippen MR) is 92.2 cm³/mol. The van der Waals surface area contributed by atoms with Crippen LogP contribution in [0.3, 0.4) is 0 Å². The number of amides is 1. The predicted octanol–water partition coefficient (Wildman–Crippen LogP) is 2.95. The fourth-order valence-electron chi connectivity index (χ4n) is 2.10. The highest BCUT2D eigenvalue weighted by Gasteiger charge is 2.29. The van der Waals surface area contributed by atoms with Crippen LogP contribution in [0.1, 0.15) is 44.5 Å². The van der Waals surface area contributed by atoms with E-state index in [1.165, 1.54) is 18.2 Å². The number of ketones is 1. The molecule has 2 unspecified atom stereocenters. The maximum absolute atomic E-state index is 13.2. The summed E-state index contributed by atoms with van der Waals surface area (Å²) in [5.74, 6) is -1.27. The molecule has 1 amide bonds. The molecule has 0 heterocycles. The van der Waals surface area contributed by atoms with Crippen molar-refractivity contribution in [3.63, 3.8) is 0 Å². The third kappa shape index (κ3) is 5.92. The summed E-state index contributed by atoms with van der Waals surface area (Å²) in [5.41, 5.74) is 5.51. The van der Waals surface area contributed by atoms with Crippen molar-refractivity contribution < 1.29 is 14.0 Å². The van der Waals surface area contributed by atoms with Gasteiger partial charge in [-0.3, -0.25) is 9.59 Å². The number of benzene rings is 1. The first kappa shape index (κ1) is 21.5. The summed E-state index contributed by atoms with van der Waals surface area (Å²) in [7, 11) is 0. The van der Waals surface area contributed by atoms with Crippen molar-refractivity contribution in [2.24, 2.45) is 17.6 Å². The zero-order chi connectivity index (χ0) is 16.9. The van der Waals surface area contributed by atoms with Gasteiger partial charge < -0.3 is 11.1 Å². The fourth-order valence-corrected chi connectivity index (χ4v) is 2.10. The van der Waals surface area contributed by atoms with E-state index in [0.717, 1.165) is 0 Å². The molecule has 0 aromatic heterocycles. The third-order valence-electron chi connectivity index (χ3n) is 4.17. The minimum Gasteiger partial charge on any atom is -0.349 e. The average molecular weight is 345 g/mol. The Bertz CT molecular complexity index is 551. The lowest BCUT2D eigenvalue weighted by Crippen LogP contribution is -2.55. The molecule has 0 saturated carbocycles. The standard InChI is InChI=1S/C17H25FN2O2.ClH/c1-11(2)17(4,10-19)20-15(21)8-12(3)16(22)13-6-5-7-14(18)9-13;/h5-7,9,11-12H,8,10,19H2,1-4H3,(H,20,21);1H. The normalized spacial score (nSPS) is 14.6. The van der Waals surface area contributed by atoms with Crippen LogP contribution in [0.5, 0.6) is 0 Å². The van der Waals surface area contributed by atoms with Gasteiger partial charge >= 0.3 is 0 Å². The molecule has 0 aliphatic carbocycles. The van der Waals surface area contributed by atoms with Gasteiger partial charge in [0.25, 0.3) is 0 Å². The van der Waals surface area contributed by atoms with Crippen molar-refractivity contribution in [2.45, 2.75) is 39.7 Å². The number of nitrogens with two attached hydrogens (primary N) is 1. The van der Waals surface area contributed by atoms with E-state index >= 15 is 0 Å². The lowest BCUT2D eigenvalue weighted by molar-refractivity contribution is -0.123. The topological polar surface area (TPSA) is 72.2 Å². The number of halogens is 2. The average Bonchev–Trinajstić information content (AvgIpc) is 2.45. The lowest BCUT2D eigenvalue weighted by Gasteiger charge is -2.33. The van der Waals surface area contributed by atoms with E-state index in [4.69, 9.17) is 5.73 Å². The molecule has 0 spiro atoms. The van der Waals surface area contributed by atoms with Crippen molar-refractivity contribution in [2.75, 3.05) is 6.54 Å². The molecule has 6 heteroatoms. The third-order valence-corrected chi connectivity index (χ3v) is 4.17. The molecule has 0 aliphatic heterocycles. The minimum absolute atomic E-state index is 0. The minimum atomic E-state index is -0.518. The van der Waals surface area contributed by atoms with Crippen molar-refractivity contribution in [3.05, 3.63) is 35.6 Å². The second-order valence-corrected chi connectivity index (χ2v) is 6.30. The summed E-state index contributed by atoms with van der Waals surface area (Å²) in [4.78, 5) is 24.4. The Hall–Kier alpha value is -1.46. The Balaban J connectivity index is 0.00000484. The van der Waals surface area contributed by atoms with E-state index in [1.54, 1.807) is 13.0 Å². The number of hydrogen-bond donors (Lipinski definition) is 2. The molecule has 23 heavy (non-hydrogen) atoms. The Morgan fingerprint density at radius 2 is 1.91 bits per heavy atom. The molecule has 4 nitrogen and oxygen atoms in total. The van der Waals surface area contributed by atoms with Crippen LogP contribution in [0.2, 0.25) is 0 Å². The molecule has 130 valence electrons. The van der Waals surface area contributed by atoms with E-state index in [0.29, 0.717) is 6.54 Å². The monoisotopic (exact) mass is 344 g/mol. The molecule has 2 atom stereocenters. The summed E-state index contributed by atoms with van der Waals surface area (Å²) in [6, 6.07) is 5.51. The number of carbonyl (C=O) groups is 2. The highest BCUT2D eigenvalue weighted by Crippen LogP contribution is 2.17. The highest BCUT2D eigenvalue weighted by atomic mass is 35.5. The van der Waals surface area contributed by atoms with E-state index in [2.05, 4.69) is 5.32 Å². The van der Waals surface area contributed by atoms with Gasteiger partial charge in [0.15, 0.2) is 5.78 Å². The first-order chi connectivity index (χ1) is 10.2. The number of rotatable bonds is 7. The zero-order valence-electron chi connectivity index (χ0n) is 14.1.